The minimum Gasteiger partial charge on any atom is -0.366 e. The van der Waals surface area contributed by atoms with Gasteiger partial charge in [0.15, 0.2) is 0 Å². The van der Waals surface area contributed by atoms with Crippen LogP contribution in [0.2, 0.25) is 0 Å². The predicted octanol–water partition coefficient (Wildman–Crippen LogP) is 1.27. The number of hydrogen-bond acceptors (Lipinski definition) is 8. The van der Waals surface area contributed by atoms with Crippen molar-refractivity contribution in [1.82, 2.24) is 25.0 Å². The summed E-state index contributed by atoms with van der Waals surface area (Å²) in [5.74, 6) is 0.576. The number of H-pyrrole nitrogens is 1. The molecule has 196 valence electrons. The van der Waals surface area contributed by atoms with Crippen molar-refractivity contribution >= 4 is 11.7 Å². The first-order valence-electron chi connectivity index (χ1n) is 12.1. The molecule has 13 heteroatoms. The van der Waals surface area contributed by atoms with E-state index in [4.69, 9.17) is 10.00 Å². The summed E-state index contributed by atoms with van der Waals surface area (Å²) >= 11 is 0. The van der Waals surface area contributed by atoms with Crippen molar-refractivity contribution in [2.75, 3.05) is 50.8 Å². The summed E-state index contributed by atoms with van der Waals surface area (Å²) in [6.45, 7) is 4.80. The molecule has 5 rings (SSSR count). The smallest absolute Gasteiger partial charge is 0.366 e. The third kappa shape index (κ3) is 4.55. The number of fused-ring (bicyclic) bond motifs is 1. The summed E-state index contributed by atoms with van der Waals surface area (Å²) < 4.78 is 46.6. The van der Waals surface area contributed by atoms with Crippen LogP contribution in [0.4, 0.5) is 19.0 Å². The molecule has 0 spiro atoms. The Morgan fingerprint density at radius 3 is 2.65 bits per heavy atom. The molecule has 0 radical (unpaired) electrons. The molecular formula is C24H26F3N7O3. The number of halogens is 3. The maximum atomic E-state index is 13.6. The summed E-state index contributed by atoms with van der Waals surface area (Å²) in [5.41, 5.74) is -2.66. The highest BCUT2D eigenvalue weighted by Gasteiger charge is 2.49. The second-order valence-electron chi connectivity index (χ2n) is 9.66. The van der Waals surface area contributed by atoms with Gasteiger partial charge in [0.2, 0.25) is 0 Å². The number of aromatic amines is 1. The molecule has 0 saturated carbocycles. The van der Waals surface area contributed by atoms with Crippen molar-refractivity contribution in [3.05, 3.63) is 51.1 Å². The molecular weight excluding hydrogens is 491 g/mol. The Morgan fingerprint density at radius 2 is 2.00 bits per heavy atom. The molecule has 4 heterocycles. The molecule has 37 heavy (non-hydrogen) atoms. The van der Waals surface area contributed by atoms with E-state index in [0.29, 0.717) is 44.7 Å². The van der Waals surface area contributed by atoms with Crippen LogP contribution in [0.3, 0.4) is 0 Å². The first kappa shape index (κ1) is 25.2. The minimum atomic E-state index is -4.77. The molecule has 10 nitrogen and oxygen atoms in total. The van der Waals surface area contributed by atoms with E-state index in [2.05, 4.69) is 10.1 Å². The highest BCUT2D eigenvalue weighted by molar-refractivity contribution is 5.81. The van der Waals surface area contributed by atoms with Crippen LogP contribution < -0.4 is 10.5 Å². The van der Waals surface area contributed by atoms with Crippen molar-refractivity contribution in [1.29, 1.82) is 5.26 Å². The van der Waals surface area contributed by atoms with Gasteiger partial charge in [0.05, 0.1) is 23.4 Å². The predicted molar refractivity (Wildman–Crippen MR) is 125 cm³/mol. The van der Waals surface area contributed by atoms with Gasteiger partial charge in [-0.15, -0.1) is 0 Å². The van der Waals surface area contributed by atoms with E-state index in [1.807, 2.05) is 21.0 Å². The van der Waals surface area contributed by atoms with Gasteiger partial charge in [-0.25, -0.2) is 10.1 Å². The molecule has 1 aliphatic carbocycles. The number of aromatic nitrogens is 3. The van der Waals surface area contributed by atoms with Crippen LogP contribution in [-0.4, -0.2) is 82.9 Å². The van der Waals surface area contributed by atoms with Crippen LogP contribution in [0.5, 0.6) is 0 Å². The van der Waals surface area contributed by atoms with Gasteiger partial charge in [-0.2, -0.15) is 23.5 Å². The molecule has 2 fully saturated rings. The van der Waals surface area contributed by atoms with Crippen LogP contribution in [0.25, 0.3) is 0 Å². The van der Waals surface area contributed by atoms with Crippen molar-refractivity contribution in [3.63, 3.8) is 0 Å². The fourth-order valence-electron chi connectivity index (χ4n) is 5.51. The number of pyridine rings is 1. The number of morpholine rings is 1. The molecule has 2 atom stereocenters. The first-order chi connectivity index (χ1) is 17.6. The Labute approximate surface area is 210 Å². The van der Waals surface area contributed by atoms with Gasteiger partial charge in [0.1, 0.15) is 23.6 Å². The maximum Gasteiger partial charge on any atom is 0.422 e. The number of alkyl halides is 3. The Morgan fingerprint density at radius 1 is 1.24 bits per heavy atom. The number of amides is 1. The first-order valence-corrected chi connectivity index (χ1v) is 12.1. The summed E-state index contributed by atoms with van der Waals surface area (Å²) in [6.07, 6.45) is -3.57. The third-order valence-corrected chi connectivity index (χ3v) is 7.57. The summed E-state index contributed by atoms with van der Waals surface area (Å²) in [6, 6.07) is 5.52. The van der Waals surface area contributed by atoms with Gasteiger partial charge < -0.3 is 14.5 Å². The molecule has 2 saturated heterocycles. The summed E-state index contributed by atoms with van der Waals surface area (Å²) in [7, 11) is 0. The molecule has 2 aliphatic heterocycles. The number of carbonyl (C=O) groups excluding carboxylic acids is 1. The van der Waals surface area contributed by atoms with Gasteiger partial charge >= 0.3 is 6.18 Å². The largest absolute Gasteiger partial charge is 0.422 e. The van der Waals surface area contributed by atoms with E-state index < -0.39 is 28.9 Å². The standard InChI is InChI=1S/C24H26F3N7O3/c1-23(5-4-16-19(24(25,26)27)21(35)31-30-20(16)23)34-10-11-37-17(14-34)22(36)33-8-6-32(7-9-33)18-3-2-15(12-28)13-29-18/h2-3,13,17H,4-11,14H2,1H3,(H,31,35)/t17-,23-/m1/s1. The van der Waals surface area contributed by atoms with Crippen molar-refractivity contribution in [3.8, 4) is 6.07 Å². The summed E-state index contributed by atoms with van der Waals surface area (Å²) in [4.78, 5) is 35.3. The lowest BCUT2D eigenvalue weighted by Crippen LogP contribution is -2.58. The van der Waals surface area contributed by atoms with Gasteiger partial charge in [-0.1, -0.05) is 0 Å². The van der Waals surface area contributed by atoms with Crippen LogP contribution in [0.15, 0.2) is 23.1 Å². The molecule has 1 amide bonds. The monoisotopic (exact) mass is 517 g/mol. The zero-order chi connectivity index (χ0) is 26.4. The Hall–Kier alpha value is -3.50. The molecule has 0 aromatic carbocycles. The van der Waals surface area contributed by atoms with Crippen molar-refractivity contribution in [2.24, 2.45) is 0 Å². The number of anilines is 1. The van der Waals surface area contributed by atoms with E-state index in [9.17, 15) is 22.8 Å². The second-order valence-corrected chi connectivity index (χ2v) is 9.66. The zero-order valence-corrected chi connectivity index (χ0v) is 20.2. The van der Waals surface area contributed by atoms with Gasteiger partial charge in [0, 0.05) is 45.5 Å². The van der Waals surface area contributed by atoms with Crippen molar-refractivity contribution < 1.29 is 22.7 Å². The van der Waals surface area contributed by atoms with Crippen LogP contribution in [0, 0.1) is 11.3 Å². The third-order valence-electron chi connectivity index (χ3n) is 7.57. The molecule has 2 aromatic rings. The van der Waals surface area contributed by atoms with E-state index in [0.717, 1.165) is 5.82 Å². The normalized spacial score (nSPS) is 24.6. The minimum absolute atomic E-state index is 0.0688. The molecule has 0 bridgehead atoms. The maximum absolute atomic E-state index is 13.6. The molecule has 0 unspecified atom stereocenters. The highest BCUT2D eigenvalue weighted by atomic mass is 19.4. The fourth-order valence-corrected chi connectivity index (χ4v) is 5.51. The number of ether oxygens (including phenoxy) is 1. The number of carbonyl (C=O) groups is 1. The van der Waals surface area contributed by atoms with Crippen LogP contribution in [0.1, 0.15) is 35.7 Å². The Bertz CT molecular complexity index is 1280. The molecule has 2 aromatic heterocycles. The number of nitriles is 1. The van der Waals surface area contributed by atoms with E-state index >= 15 is 0 Å². The highest BCUT2D eigenvalue weighted by Crippen LogP contribution is 2.44. The van der Waals surface area contributed by atoms with Crippen LogP contribution in [-0.2, 0) is 27.7 Å². The molecule has 3 aliphatic rings. The number of hydrogen-bond donors (Lipinski definition) is 1. The topological polar surface area (TPSA) is 118 Å². The molecule has 1 N–H and O–H groups in total. The lowest BCUT2D eigenvalue weighted by Gasteiger charge is -2.44. The average Bonchev–Trinajstić information content (AvgIpc) is 3.25. The number of piperazine rings is 1. The SMILES string of the molecule is C[C@@]1(N2CCO[C@@H](C(=O)N3CCN(c4ccc(C#N)cn4)CC3)C2)CCc2c1n[nH]c(=O)c2C(F)(F)F. The van der Waals surface area contributed by atoms with E-state index in [1.54, 1.807) is 24.0 Å². The number of rotatable bonds is 3. The quantitative estimate of drug-likeness (QED) is 0.647. The average molecular weight is 518 g/mol. The Kier molecular flexibility index (Phi) is 6.41. The Balaban J connectivity index is 1.27. The number of nitrogens with zero attached hydrogens (tertiary/aromatic N) is 6. The fraction of sp³-hybridized carbons (Fsp3) is 0.542. The van der Waals surface area contributed by atoms with E-state index in [-0.39, 0.29) is 36.7 Å². The number of nitrogens with one attached hydrogen (secondary N) is 1. The zero-order valence-electron chi connectivity index (χ0n) is 20.2. The summed E-state index contributed by atoms with van der Waals surface area (Å²) in [5, 5.41) is 15.0. The van der Waals surface area contributed by atoms with Gasteiger partial charge in [-0.05, 0) is 37.5 Å². The second kappa shape index (κ2) is 9.42. The van der Waals surface area contributed by atoms with Gasteiger partial charge in [-0.3, -0.25) is 14.5 Å². The van der Waals surface area contributed by atoms with Crippen molar-refractivity contribution in [2.45, 2.75) is 37.6 Å². The van der Waals surface area contributed by atoms with E-state index in [1.165, 1.54) is 6.20 Å². The van der Waals surface area contributed by atoms with Gasteiger partial charge in [0.25, 0.3) is 11.5 Å². The lowest BCUT2D eigenvalue weighted by atomic mass is 9.94. The van der Waals surface area contributed by atoms with Crippen LogP contribution >= 0.6 is 0 Å². The lowest BCUT2D eigenvalue weighted by molar-refractivity contribution is -0.153.